The summed E-state index contributed by atoms with van der Waals surface area (Å²) in [5.41, 5.74) is 1.22. The number of nitrogens with one attached hydrogen (secondary N) is 2. The van der Waals surface area contributed by atoms with Crippen molar-refractivity contribution >= 4 is 5.91 Å². The van der Waals surface area contributed by atoms with Gasteiger partial charge >= 0.3 is 0 Å². The average Bonchev–Trinajstić information content (AvgIpc) is 2.48. The third-order valence-electron chi connectivity index (χ3n) is 3.97. The molecule has 1 aliphatic rings. The highest BCUT2D eigenvalue weighted by molar-refractivity contribution is 5.78. The molecule has 0 saturated heterocycles. The second-order valence-electron chi connectivity index (χ2n) is 5.23. The molecule has 2 N–H and O–H groups in total. The van der Waals surface area contributed by atoms with Crippen LogP contribution in [0.3, 0.4) is 0 Å². The number of aromatic nitrogens is 1. The molecule has 1 fully saturated rings. The van der Waals surface area contributed by atoms with E-state index < -0.39 is 0 Å². The number of hydrogen-bond donors (Lipinski definition) is 2. The zero-order valence-corrected chi connectivity index (χ0v) is 11.6. The maximum Gasteiger partial charge on any atom is 0.223 e. The van der Waals surface area contributed by atoms with Crippen LogP contribution >= 0.6 is 0 Å². The van der Waals surface area contributed by atoms with Gasteiger partial charge in [-0.15, -0.1) is 0 Å². The van der Waals surface area contributed by atoms with E-state index in [0.29, 0.717) is 6.04 Å². The van der Waals surface area contributed by atoms with Crippen LogP contribution in [-0.2, 0) is 11.2 Å². The van der Waals surface area contributed by atoms with Crippen LogP contribution in [0.15, 0.2) is 24.5 Å². The molecular formula is C15H23N3O. The summed E-state index contributed by atoms with van der Waals surface area (Å²) < 4.78 is 0. The molecule has 1 amide bonds. The van der Waals surface area contributed by atoms with Gasteiger partial charge in [0.05, 0.1) is 0 Å². The minimum atomic E-state index is 0.210. The van der Waals surface area contributed by atoms with Gasteiger partial charge < -0.3 is 10.6 Å². The van der Waals surface area contributed by atoms with Gasteiger partial charge in [-0.05, 0) is 56.8 Å². The summed E-state index contributed by atoms with van der Waals surface area (Å²) in [4.78, 5) is 16.0. The number of rotatable bonds is 5. The SMILES string of the molecule is CNC1CCC(C(=O)NCCc2ccncc2)CC1. The monoisotopic (exact) mass is 261 g/mol. The summed E-state index contributed by atoms with van der Waals surface area (Å²) in [6.07, 6.45) is 8.68. The molecule has 1 aromatic rings. The van der Waals surface area contributed by atoms with Crippen LogP contribution in [0.4, 0.5) is 0 Å². The minimum Gasteiger partial charge on any atom is -0.356 e. The highest BCUT2D eigenvalue weighted by Crippen LogP contribution is 2.24. The summed E-state index contributed by atoms with van der Waals surface area (Å²) in [5, 5.41) is 6.34. The van der Waals surface area contributed by atoms with E-state index in [4.69, 9.17) is 0 Å². The molecule has 0 atom stereocenters. The number of carbonyl (C=O) groups is 1. The van der Waals surface area contributed by atoms with Crippen molar-refractivity contribution < 1.29 is 4.79 Å². The highest BCUT2D eigenvalue weighted by atomic mass is 16.1. The molecule has 0 unspecified atom stereocenters. The van der Waals surface area contributed by atoms with Crippen molar-refractivity contribution in [1.82, 2.24) is 15.6 Å². The van der Waals surface area contributed by atoms with Gasteiger partial charge in [0.1, 0.15) is 0 Å². The molecule has 1 heterocycles. The first kappa shape index (κ1) is 14.0. The molecule has 1 aliphatic carbocycles. The van der Waals surface area contributed by atoms with Crippen LogP contribution in [0.25, 0.3) is 0 Å². The van der Waals surface area contributed by atoms with Crippen LogP contribution < -0.4 is 10.6 Å². The van der Waals surface area contributed by atoms with Crippen LogP contribution in [0.2, 0.25) is 0 Å². The molecule has 0 aliphatic heterocycles. The largest absolute Gasteiger partial charge is 0.356 e. The van der Waals surface area contributed by atoms with Crippen LogP contribution in [0, 0.1) is 5.92 Å². The summed E-state index contributed by atoms with van der Waals surface area (Å²) >= 11 is 0. The second-order valence-corrected chi connectivity index (χ2v) is 5.23. The average molecular weight is 261 g/mol. The molecule has 1 aromatic heterocycles. The molecule has 4 heteroatoms. The van der Waals surface area contributed by atoms with E-state index >= 15 is 0 Å². The van der Waals surface area contributed by atoms with Crippen molar-refractivity contribution in [2.45, 2.75) is 38.1 Å². The fourth-order valence-corrected chi connectivity index (χ4v) is 2.67. The lowest BCUT2D eigenvalue weighted by Crippen LogP contribution is -2.38. The molecule has 4 nitrogen and oxygen atoms in total. The van der Waals surface area contributed by atoms with E-state index in [0.717, 1.165) is 38.6 Å². The maximum absolute atomic E-state index is 12.0. The smallest absolute Gasteiger partial charge is 0.223 e. The predicted molar refractivity (Wildman–Crippen MR) is 75.8 cm³/mol. The van der Waals surface area contributed by atoms with Crippen molar-refractivity contribution in [3.8, 4) is 0 Å². The van der Waals surface area contributed by atoms with Gasteiger partial charge in [-0.3, -0.25) is 9.78 Å². The minimum absolute atomic E-state index is 0.210. The molecular weight excluding hydrogens is 238 g/mol. The van der Waals surface area contributed by atoms with E-state index in [2.05, 4.69) is 15.6 Å². The Kier molecular flexibility index (Phi) is 5.33. The Morgan fingerprint density at radius 2 is 1.95 bits per heavy atom. The molecule has 1 saturated carbocycles. The molecule has 2 rings (SSSR count). The number of hydrogen-bond acceptors (Lipinski definition) is 3. The van der Waals surface area contributed by atoms with E-state index in [9.17, 15) is 4.79 Å². The summed E-state index contributed by atoms with van der Waals surface area (Å²) in [6, 6.07) is 4.58. The molecule has 104 valence electrons. The molecule has 19 heavy (non-hydrogen) atoms. The number of pyridine rings is 1. The van der Waals surface area contributed by atoms with Crippen LogP contribution in [0.5, 0.6) is 0 Å². The quantitative estimate of drug-likeness (QED) is 0.845. The van der Waals surface area contributed by atoms with Crippen LogP contribution in [-0.4, -0.2) is 30.5 Å². The first-order valence-corrected chi connectivity index (χ1v) is 7.13. The van der Waals surface area contributed by atoms with Crippen molar-refractivity contribution in [1.29, 1.82) is 0 Å². The Morgan fingerprint density at radius 1 is 1.26 bits per heavy atom. The standard InChI is InChI=1S/C15H23N3O/c1-16-14-4-2-13(3-5-14)15(19)18-11-8-12-6-9-17-10-7-12/h6-7,9-10,13-14,16H,2-5,8,11H2,1H3,(H,18,19). The Labute approximate surface area is 115 Å². The van der Waals surface area contributed by atoms with Gasteiger partial charge in [-0.1, -0.05) is 0 Å². The number of amides is 1. The van der Waals surface area contributed by atoms with E-state index in [1.807, 2.05) is 19.2 Å². The Hall–Kier alpha value is -1.42. The van der Waals surface area contributed by atoms with Gasteiger partial charge in [0, 0.05) is 30.9 Å². The van der Waals surface area contributed by atoms with Crippen molar-refractivity contribution in [3.63, 3.8) is 0 Å². The second kappa shape index (κ2) is 7.24. The van der Waals surface area contributed by atoms with E-state index in [-0.39, 0.29) is 11.8 Å². The lowest BCUT2D eigenvalue weighted by atomic mass is 9.85. The Morgan fingerprint density at radius 3 is 2.58 bits per heavy atom. The van der Waals surface area contributed by atoms with Crippen LogP contribution in [0.1, 0.15) is 31.2 Å². The van der Waals surface area contributed by atoms with Crippen molar-refractivity contribution in [2.75, 3.05) is 13.6 Å². The first-order valence-electron chi connectivity index (χ1n) is 7.13. The summed E-state index contributed by atoms with van der Waals surface area (Å²) in [5.74, 6) is 0.436. The third-order valence-corrected chi connectivity index (χ3v) is 3.97. The molecule has 0 radical (unpaired) electrons. The van der Waals surface area contributed by atoms with Crippen molar-refractivity contribution in [3.05, 3.63) is 30.1 Å². The Balaban J connectivity index is 1.67. The van der Waals surface area contributed by atoms with Gasteiger partial charge in [0.25, 0.3) is 0 Å². The summed E-state index contributed by atoms with van der Waals surface area (Å²) in [6.45, 7) is 0.717. The lowest BCUT2D eigenvalue weighted by Gasteiger charge is -2.27. The molecule has 0 bridgehead atoms. The predicted octanol–water partition coefficient (Wildman–Crippen LogP) is 1.52. The highest BCUT2D eigenvalue weighted by Gasteiger charge is 2.24. The Bertz CT molecular complexity index is 386. The fourth-order valence-electron chi connectivity index (χ4n) is 2.67. The molecule has 0 aromatic carbocycles. The summed E-state index contributed by atoms with van der Waals surface area (Å²) in [7, 11) is 2.00. The van der Waals surface area contributed by atoms with Gasteiger partial charge in [-0.25, -0.2) is 0 Å². The van der Waals surface area contributed by atoms with E-state index in [1.165, 1.54) is 5.56 Å². The van der Waals surface area contributed by atoms with Gasteiger partial charge in [-0.2, -0.15) is 0 Å². The zero-order valence-electron chi connectivity index (χ0n) is 11.6. The fraction of sp³-hybridized carbons (Fsp3) is 0.600. The topological polar surface area (TPSA) is 54.0 Å². The third kappa shape index (κ3) is 4.31. The normalized spacial score (nSPS) is 23.0. The van der Waals surface area contributed by atoms with Gasteiger partial charge in [0.15, 0.2) is 0 Å². The zero-order chi connectivity index (χ0) is 13.5. The van der Waals surface area contributed by atoms with Crippen molar-refractivity contribution in [2.24, 2.45) is 5.92 Å². The van der Waals surface area contributed by atoms with E-state index in [1.54, 1.807) is 12.4 Å². The van der Waals surface area contributed by atoms with Gasteiger partial charge in [0.2, 0.25) is 5.91 Å². The first-order chi connectivity index (χ1) is 9.29. The maximum atomic E-state index is 12.0. The number of nitrogens with zero attached hydrogens (tertiary/aromatic N) is 1. The lowest BCUT2D eigenvalue weighted by molar-refractivity contribution is -0.126. The molecule has 0 spiro atoms. The number of carbonyl (C=O) groups excluding carboxylic acids is 1.